The van der Waals surface area contributed by atoms with Crippen molar-refractivity contribution in [3.63, 3.8) is 0 Å². The zero-order valence-corrected chi connectivity index (χ0v) is 22.0. The van der Waals surface area contributed by atoms with Crippen molar-refractivity contribution in [2.24, 2.45) is 0 Å². The second-order valence-electron chi connectivity index (χ2n) is 8.79. The second-order valence-corrected chi connectivity index (χ2v) is 9.20. The van der Waals surface area contributed by atoms with E-state index >= 15 is 0 Å². The number of aliphatic hydroxyl groups is 1. The number of halogens is 1. The molecule has 1 aliphatic rings. The molecular weight excluding hydrogens is 518 g/mol. The van der Waals surface area contributed by atoms with E-state index < -0.39 is 48.6 Å². The van der Waals surface area contributed by atoms with Crippen LogP contribution in [0.5, 0.6) is 5.75 Å². The second kappa shape index (κ2) is 11.4. The first-order valence-electron chi connectivity index (χ1n) is 11.9. The maximum Gasteiger partial charge on any atom is 0.303 e. The summed E-state index contributed by atoms with van der Waals surface area (Å²) in [5.41, 5.74) is 1.53. The molecule has 1 aliphatic heterocycles. The molecule has 1 N–H and O–H groups in total. The molecule has 2 heterocycles. The van der Waals surface area contributed by atoms with Gasteiger partial charge in [0, 0.05) is 43.5 Å². The van der Waals surface area contributed by atoms with Crippen LogP contribution in [-0.2, 0) is 33.3 Å². The predicted molar refractivity (Wildman–Crippen MR) is 136 cm³/mol. The highest BCUT2D eigenvalue weighted by Gasteiger charge is 2.48. The lowest BCUT2D eigenvalue weighted by molar-refractivity contribution is -0.239. The number of ether oxygens (including phenoxy) is 5. The molecule has 0 spiro atoms. The maximum absolute atomic E-state index is 12.1. The number of benzene rings is 2. The smallest absolute Gasteiger partial charge is 0.303 e. The summed E-state index contributed by atoms with van der Waals surface area (Å²) in [7, 11) is 1.51. The molecule has 202 valence electrons. The molecule has 0 aliphatic carbocycles. The number of carbonyl (C=O) groups is 3. The van der Waals surface area contributed by atoms with Crippen LogP contribution in [0.2, 0.25) is 5.02 Å². The molecule has 4 rings (SSSR count). The zero-order valence-electron chi connectivity index (χ0n) is 21.3. The summed E-state index contributed by atoms with van der Waals surface area (Å²) < 4.78 is 29.5. The van der Waals surface area contributed by atoms with Crippen LogP contribution in [0.15, 0.2) is 48.7 Å². The van der Waals surface area contributed by atoms with Crippen LogP contribution < -0.4 is 4.74 Å². The zero-order chi connectivity index (χ0) is 27.6. The number of hydrogen-bond donors (Lipinski definition) is 1. The monoisotopic (exact) mass is 545 g/mol. The number of methoxy groups -OCH3 is 1. The van der Waals surface area contributed by atoms with Crippen molar-refractivity contribution in [2.45, 2.75) is 51.4 Å². The van der Waals surface area contributed by atoms with Crippen molar-refractivity contribution in [3.05, 3.63) is 64.8 Å². The van der Waals surface area contributed by atoms with Crippen molar-refractivity contribution in [3.8, 4) is 5.75 Å². The van der Waals surface area contributed by atoms with Crippen LogP contribution in [0.4, 0.5) is 0 Å². The summed E-state index contributed by atoms with van der Waals surface area (Å²) in [4.78, 5) is 35.8. The van der Waals surface area contributed by atoms with Gasteiger partial charge in [0.05, 0.1) is 24.3 Å². The fourth-order valence-electron chi connectivity index (χ4n) is 4.74. The van der Waals surface area contributed by atoms with E-state index in [0.717, 1.165) is 0 Å². The van der Waals surface area contributed by atoms with Gasteiger partial charge in [-0.15, -0.1) is 0 Å². The molecule has 2 aromatic carbocycles. The third kappa shape index (κ3) is 5.47. The Hall–Kier alpha value is -3.60. The Kier molecular flexibility index (Phi) is 8.25. The van der Waals surface area contributed by atoms with E-state index in [2.05, 4.69) is 0 Å². The first-order valence-corrected chi connectivity index (χ1v) is 12.2. The van der Waals surface area contributed by atoms with Crippen molar-refractivity contribution in [1.82, 2.24) is 4.57 Å². The summed E-state index contributed by atoms with van der Waals surface area (Å²) in [6, 6.07) is 12.2. The third-order valence-corrected chi connectivity index (χ3v) is 6.48. The number of aromatic nitrogens is 1. The molecule has 0 radical (unpaired) electrons. The molecule has 0 amide bonds. The molecule has 1 saturated heterocycles. The Morgan fingerprint density at radius 1 is 0.947 bits per heavy atom. The Morgan fingerprint density at radius 3 is 2.26 bits per heavy atom. The quantitative estimate of drug-likeness (QED) is 0.349. The number of rotatable bonds is 7. The molecule has 0 bridgehead atoms. The Bertz CT molecular complexity index is 1350. The van der Waals surface area contributed by atoms with Crippen LogP contribution in [0.3, 0.4) is 0 Å². The minimum atomic E-state index is -1.19. The van der Waals surface area contributed by atoms with Gasteiger partial charge in [-0.05, 0) is 18.2 Å². The number of aliphatic hydroxyl groups excluding tert-OH is 1. The van der Waals surface area contributed by atoms with E-state index in [1.165, 1.54) is 27.9 Å². The van der Waals surface area contributed by atoms with Crippen LogP contribution >= 0.6 is 11.6 Å². The molecule has 5 atom stereocenters. The third-order valence-electron chi connectivity index (χ3n) is 6.16. The fraction of sp³-hybridized carbons (Fsp3) is 0.370. The number of fused-ring (bicyclic) bond motifs is 1. The van der Waals surface area contributed by atoms with Crippen LogP contribution in [0, 0.1) is 0 Å². The van der Waals surface area contributed by atoms with Gasteiger partial charge in [-0.3, -0.25) is 14.4 Å². The highest BCUT2D eigenvalue weighted by atomic mass is 35.5. The Labute approximate surface area is 223 Å². The van der Waals surface area contributed by atoms with E-state index in [0.29, 0.717) is 32.8 Å². The average Bonchev–Trinajstić information content (AvgIpc) is 3.25. The van der Waals surface area contributed by atoms with Gasteiger partial charge in [-0.1, -0.05) is 35.9 Å². The van der Waals surface area contributed by atoms with Gasteiger partial charge in [0.2, 0.25) is 0 Å². The van der Waals surface area contributed by atoms with Gasteiger partial charge in [-0.2, -0.15) is 0 Å². The number of carbonyl (C=O) groups excluding carboxylic acids is 3. The topological polar surface area (TPSA) is 123 Å². The number of esters is 3. The normalized spacial score (nSPS) is 21.9. The fourth-order valence-corrected chi connectivity index (χ4v) is 5.02. The first kappa shape index (κ1) is 27.4. The summed E-state index contributed by atoms with van der Waals surface area (Å²) in [6.07, 6.45) is -3.87. The molecule has 11 heteroatoms. The van der Waals surface area contributed by atoms with Gasteiger partial charge in [0.1, 0.15) is 11.9 Å². The van der Waals surface area contributed by atoms with Gasteiger partial charge in [0.15, 0.2) is 24.5 Å². The van der Waals surface area contributed by atoms with Gasteiger partial charge >= 0.3 is 17.9 Å². The SMILES string of the molecule is COc1ccccc1C(O)c1cn([C@@H]2OC[C@@H](OC(C)=O)[C@H](OC(C)=O)[C@H]2OC(C)=O)c2cccc(Cl)c12. The number of para-hydroxylation sites is 1. The molecule has 1 unspecified atom stereocenters. The van der Waals surface area contributed by atoms with Crippen molar-refractivity contribution < 1.29 is 43.2 Å². The summed E-state index contributed by atoms with van der Waals surface area (Å²) >= 11 is 6.61. The van der Waals surface area contributed by atoms with Crippen LogP contribution in [0.25, 0.3) is 10.9 Å². The van der Waals surface area contributed by atoms with E-state index in [4.69, 9.17) is 35.3 Å². The van der Waals surface area contributed by atoms with Gasteiger partial charge < -0.3 is 33.4 Å². The van der Waals surface area contributed by atoms with Crippen molar-refractivity contribution >= 4 is 40.4 Å². The number of nitrogens with zero attached hydrogens (tertiary/aromatic N) is 1. The van der Waals surface area contributed by atoms with E-state index in [-0.39, 0.29) is 6.61 Å². The standard InChI is InChI=1S/C27H28ClNO9/c1-14(30)36-22-13-35-27(26(38-16(3)32)25(22)37-15(2)31)29-12-18(23-19(28)9-7-10-20(23)29)24(33)17-8-5-6-11-21(17)34-4/h5-12,22,24-27,33H,13H2,1-4H3/t22-,24?,25+,26-,27-/m1/s1. The molecule has 1 aromatic heterocycles. The highest BCUT2D eigenvalue weighted by Crippen LogP contribution is 2.41. The molecule has 3 aromatic rings. The molecular formula is C27H28ClNO9. The van der Waals surface area contributed by atoms with E-state index in [1.807, 2.05) is 0 Å². The summed E-state index contributed by atoms with van der Waals surface area (Å²) in [5.74, 6) is -1.44. The van der Waals surface area contributed by atoms with E-state index in [9.17, 15) is 19.5 Å². The molecule has 10 nitrogen and oxygen atoms in total. The first-order chi connectivity index (χ1) is 18.1. The lowest BCUT2D eigenvalue weighted by Gasteiger charge is -2.41. The summed E-state index contributed by atoms with van der Waals surface area (Å²) in [5, 5.41) is 12.4. The number of hydrogen-bond acceptors (Lipinski definition) is 9. The summed E-state index contributed by atoms with van der Waals surface area (Å²) in [6.45, 7) is 3.47. The average molecular weight is 546 g/mol. The Morgan fingerprint density at radius 2 is 1.61 bits per heavy atom. The van der Waals surface area contributed by atoms with Crippen molar-refractivity contribution in [1.29, 1.82) is 0 Å². The lowest BCUT2D eigenvalue weighted by atomic mass is 10.00. The van der Waals surface area contributed by atoms with E-state index in [1.54, 1.807) is 53.2 Å². The maximum atomic E-state index is 12.1. The lowest BCUT2D eigenvalue weighted by Crippen LogP contribution is -2.55. The molecule has 0 saturated carbocycles. The van der Waals surface area contributed by atoms with Crippen molar-refractivity contribution in [2.75, 3.05) is 13.7 Å². The highest BCUT2D eigenvalue weighted by molar-refractivity contribution is 6.35. The van der Waals surface area contributed by atoms with Crippen LogP contribution in [-0.4, -0.2) is 59.6 Å². The molecule has 1 fully saturated rings. The Balaban J connectivity index is 1.86. The van der Waals surface area contributed by atoms with Gasteiger partial charge in [-0.25, -0.2) is 0 Å². The van der Waals surface area contributed by atoms with Gasteiger partial charge in [0.25, 0.3) is 0 Å². The van der Waals surface area contributed by atoms with Crippen LogP contribution in [0.1, 0.15) is 44.2 Å². The largest absolute Gasteiger partial charge is 0.496 e. The molecule has 38 heavy (non-hydrogen) atoms. The minimum absolute atomic E-state index is 0.148. The predicted octanol–water partition coefficient (Wildman–Crippen LogP) is 3.71. The minimum Gasteiger partial charge on any atom is -0.496 e.